The minimum atomic E-state index is 1.19. The van der Waals surface area contributed by atoms with Crippen LogP contribution in [0.3, 0.4) is 0 Å². The van der Waals surface area contributed by atoms with Gasteiger partial charge in [0.05, 0.1) is 11.0 Å². The van der Waals surface area contributed by atoms with Crippen molar-refractivity contribution in [3.05, 3.63) is 77.4 Å². The molecule has 1 aromatic heterocycles. The minimum Gasteiger partial charge on any atom is -0.309 e. The van der Waals surface area contributed by atoms with Gasteiger partial charge in [0.2, 0.25) is 0 Å². The molecule has 0 spiro atoms. The molecule has 0 radical (unpaired) electrons. The van der Waals surface area contributed by atoms with Crippen LogP contribution in [0.2, 0.25) is 0 Å². The molecule has 0 atom stereocenters. The second-order valence-electron chi connectivity index (χ2n) is 7.85. The Balaban J connectivity index is 1.76. The first-order chi connectivity index (χ1) is 13.2. The van der Waals surface area contributed by atoms with Gasteiger partial charge in [-0.15, -0.1) is 0 Å². The molecule has 0 amide bonds. The number of unbranched alkanes of at least 4 members (excludes halogenated alkanes) is 3. The molecular formula is C26H29N. The standard InChI is InChI=1S/C26H29N/c1-4-5-6-7-8-21-11-13-22(14-12-21)27-25-15-9-19(2)17-23(25)24-18-20(3)10-16-26(24)27/h9-18H,4-8H2,1-3H3. The molecule has 3 aromatic carbocycles. The molecule has 0 saturated heterocycles. The molecular weight excluding hydrogens is 326 g/mol. The molecule has 4 aromatic rings. The monoisotopic (exact) mass is 355 g/mol. The lowest BCUT2D eigenvalue weighted by Crippen LogP contribution is -1.95. The summed E-state index contributed by atoms with van der Waals surface area (Å²) < 4.78 is 2.41. The Labute approximate surface area is 162 Å². The molecule has 0 N–H and O–H groups in total. The number of nitrogens with zero attached hydrogens (tertiary/aromatic N) is 1. The van der Waals surface area contributed by atoms with Crippen LogP contribution in [0.1, 0.15) is 49.3 Å². The first-order valence-corrected chi connectivity index (χ1v) is 10.3. The number of hydrogen-bond acceptors (Lipinski definition) is 0. The van der Waals surface area contributed by atoms with Crippen LogP contribution < -0.4 is 0 Å². The fourth-order valence-electron chi connectivity index (χ4n) is 4.10. The minimum absolute atomic E-state index is 1.19. The van der Waals surface area contributed by atoms with Crippen molar-refractivity contribution in [2.24, 2.45) is 0 Å². The summed E-state index contributed by atoms with van der Waals surface area (Å²) >= 11 is 0. The van der Waals surface area contributed by atoms with Gasteiger partial charge in [-0.25, -0.2) is 0 Å². The lowest BCUT2D eigenvalue weighted by atomic mass is 10.1. The third-order valence-corrected chi connectivity index (χ3v) is 5.59. The Morgan fingerprint density at radius 3 is 1.81 bits per heavy atom. The molecule has 0 bridgehead atoms. The lowest BCUT2D eigenvalue weighted by Gasteiger charge is -2.09. The Morgan fingerprint density at radius 2 is 1.26 bits per heavy atom. The van der Waals surface area contributed by atoms with Gasteiger partial charge in [-0.3, -0.25) is 0 Å². The Morgan fingerprint density at radius 1 is 0.667 bits per heavy atom. The molecule has 0 aliphatic carbocycles. The van der Waals surface area contributed by atoms with Gasteiger partial charge >= 0.3 is 0 Å². The first-order valence-electron chi connectivity index (χ1n) is 10.3. The number of rotatable bonds is 6. The summed E-state index contributed by atoms with van der Waals surface area (Å²) in [4.78, 5) is 0. The molecule has 1 heterocycles. The van der Waals surface area contributed by atoms with E-state index in [-0.39, 0.29) is 0 Å². The lowest BCUT2D eigenvalue weighted by molar-refractivity contribution is 0.667. The Hall–Kier alpha value is -2.54. The van der Waals surface area contributed by atoms with Crippen molar-refractivity contribution in [2.75, 3.05) is 0 Å². The highest BCUT2D eigenvalue weighted by molar-refractivity contribution is 6.09. The van der Waals surface area contributed by atoms with E-state index in [0.717, 1.165) is 0 Å². The van der Waals surface area contributed by atoms with Crippen LogP contribution in [0.5, 0.6) is 0 Å². The average Bonchev–Trinajstić information content (AvgIpc) is 2.99. The van der Waals surface area contributed by atoms with E-state index in [9.17, 15) is 0 Å². The van der Waals surface area contributed by atoms with Gasteiger partial charge in [0, 0.05) is 16.5 Å². The molecule has 1 heteroatoms. The summed E-state index contributed by atoms with van der Waals surface area (Å²) in [6, 6.07) is 22.8. The van der Waals surface area contributed by atoms with Crippen molar-refractivity contribution in [3.63, 3.8) is 0 Å². The van der Waals surface area contributed by atoms with Crippen molar-refractivity contribution in [1.82, 2.24) is 4.57 Å². The summed E-state index contributed by atoms with van der Waals surface area (Å²) in [6.07, 6.45) is 6.46. The highest BCUT2D eigenvalue weighted by Crippen LogP contribution is 2.33. The van der Waals surface area contributed by atoms with Crippen molar-refractivity contribution < 1.29 is 0 Å². The van der Waals surface area contributed by atoms with Crippen LogP contribution in [0, 0.1) is 13.8 Å². The predicted molar refractivity (Wildman–Crippen MR) is 118 cm³/mol. The molecule has 27 heavy (non-hydrogen) atoms. The summed E-state index contributed by atoms with van der Waals surface area (Å²) in [7, 11) is 0. The highest BCUT2D eigenvalue weighted by atomic mass is 15.0. The molecule has 1 nitrogen and oxygen atoms in total. The maximum Gasteiger partial charge on any atom is 0.0541 e. The number of benzene rings is 3. The number of hydrogen-bond donors (Lipinski definition) is 0. The van der Waals surface area contributed by atoms with Crippen LogP contribution in [0.15, 0.2) is 60.7 Å². The van der Waals surface area contributed by atoms with E-state index in [1.54, 1.807) is 0 Å². The van der Waals surface area contributed by atoms with Gasteiger partial charge in [-0.2, -0.15) is 0 Å². The second-order valence-corrected chi connectivity index (χ2v) is 7.85. The Bertz CT molecular complexity index is 1010. The smallest absolute Gasteiger partial charge is 0.0541 e. The average molecular weight is 356 g/mol. The van der Waals surface area contributed by atoms with Gasteiger partial charge in [0.25, 0.3) is 0 Å². The Kier molecular flexibility index (Phi) is 5.03. The maximum atomic E-state index is 2.41. The molecule has 138 valence electrons. The van der Waals surface area contributed by atoms with Gasteiger partial charge in [-0.05, 0) is 68.7 Å². The summed E-state index contributed by atoms with van der Waals surface area (Å²) in [5, 5.41) is 2.69. The molecule has 0 saturated carbocycles. The van der Waals surface area contributed by atoms with Gasteiger partial charge in [0.1, 0.15) is 0 Å². The topological polar surface area (TPSA) is 4.93 Å². The second kappa shape index (κ2) is 7.60. The largest absolute Gasteiger partial charge is 0.309 e. The van der Waals surface area contributed by atoms with Crippen LogP contribution in [0.25, 0.3) is 27.5 Å². The first kappa shape index (κ1) is 17.9. The number of aromatic nitrogens is 1. The zero-order chi connectivity index (χ0) is 18.8. The fourth-order valence-corrected chi connectivity index (χ4v) is 4.10. The van der Waals surface area contributed by atoms with Gasteiger partial charge < -0.3 is 4.57 Å². The van der Waals surface area contributed by atoms with Crippen LogP contribution >= 0.6 is 0 Å². The molecule has 0 fully saturated rings. The van der Waals surface area contributed by atoms with E-state index < -0.39 is 0 Å². The molecule has 0 aliphatic heterocycles. The van der Waals surface area contributed by atoms with Crippen LogP contribution in [-0.4, -0.2) is 4.57 Å². The van der Waals surface area contributed by atoms with Crippen molar-refractivity contribution in [3.8, 4) is 5.69 Å². The maximum absolute atomic E-state index is 2.41. The third-order valence-electron chi connectivity index (χ3n) is 5.59. The number of fused-ring (bicyclic) bond motifs is 3. The van der Waals surface area contributed by atoms with Gasteiger partial charge in [0.15, 0.2) is 0 Å². The van der Waals surface area contributed by atoms with Crippen LogP contribution in [-0.2, 0) is 6.42 Å². The summed E-state index contributed by atoms with van der Waals surface area (Å²) in [5.74, 6) is 0. The van der Waals surface area contributed by atoms with Crippen molar-refractivity contribution in [1.29, 1.82) is 0 Å². The quantitative estimate of drug-likeness (QED) is 0.315. The van der Waals surface area contributed by atoms with Crippen molar-refractivity contribution in [2.45, 2.75) is 52.9 Å². The summed E-state index contributed by atoms with van der Waals surface area (Å²) in [6.45, 7) is 6.61. The summed E-state index contributed by atoms with van der Waals surface area (Å²) in [5.41, 5.74) is 7.90. The zero-order valence-electron chi connectivity index (χ0n) is 16.8. The van der Waals surface area contributed by atoms with E-state index in [1.165, 1.54) is 76.3 Å². The van der Waals surface area contributed by atoms with Gasteiger partial charge in [-0.1, -0.05) is 61.6 Å². The van der Waals surface area contributed by atoms with E-state index in [4.69, 9.17) is 0 Å². The molecule has 4 rings (SSSR count). The van der Waals surface area contributed by atoms with Crippen molar-refractivity contribution >= 4 is 21.8 Å². The molecule has 0 unspecified atom stereocenters. The van der Waals surface area contributed by atoms with Crippen LogP contribution in [0.4, 0.5) is 0 Å². The van der Waals surface area contributed by atoms with E-state index in [0.29, 0.717) is 0 Å². The third kappa shape index (κ3) is 3.51. The van der Waals surface area contributed by atoms with E-state index in [1.807, 2.05) is 0 Å². The SMILES string of the molecule is CCCCCCc1ccc(-n2c3ccc(C)cc3c3cc(C)ccc32)cc1. The van der Waals surface area contributed by atoms with E-state index in [2.05, 4.69) is 86.0 Å². The highest BCUT2D eigenvalue weighted by Gasteiger charge is 2.12. The predicted octanol–water partition coefficient (Wildman–Crippen LogP) is 7.52. The number of aryl methyl sites for hydroxylation is 3. The van der Waals surface area contributed by atoms with E-state index >= 15 is 0 Å². The zero-order valence-corrected chi connectivity index (χ0v) is 16.8. The molecule has 0 aliphatic rings. The fraction of sp³-hybridized carbons (Fsp3) is 0.308. The normalized spacial score (nSPS) is 11.5.